The van der Waals surface area contributed by atoms with Crippen molar-refractivity contribution in [2.45, 2.75) is 6.42 Å². The normalized spacial score (nSPS) is 10.3. The molecular formula is C14H11BrF2N2O. The number of pyridine rings is 1. The van der Waals surface area contributed by atoms with E-state index >= 15 is 0 Å². The first-order valence-corrected chi connectivity index (χ1v) is 6.69. The zero-order valence-corrected chi connectivity index (χ0v) is 12.0. The molecule has 1 aromatic heterocycles. The Kier molecular flexibility index (Phi) is 4.79. The molecule has 1 heterocycles. The molecule has 20 heavy (non-hydrogen) atoms. The Morgan fingerprint density at radius 1 is 1.25 bits per heavy atom. The first kappa shape index (κ1) is 14.6. The molecule has 0 atom stereocenters. The van der Waals surface area contributed by atoms with Gasteiger partial charge >= 0.3 is 0 Å². The summed E-state index contributed by atoms with van der Waals surface area (Å²) in [5.74, 6) is -1.59. The lowest BCUT2D eigenvalue weighted by molar-refractivity contribution is 0.0948. The first-order chi connectivity index (χ1) is 9.56. The fourth-order valence-corrected chi connectivity index (χ4v) is 2.15. The van der Waals surface area contributed by atoms with Gasteiger partial charge in [0.25, 0.3) is 5.91 Å². The van der Waals surface area contributed by atoms with Crippen LogP contribution in [0.5, 0.6) is 0 Å². The van der Waals surface area contributed by atoms with E-state index in [-0.39, 0.29) is 18.1 Å². The van der Waals surface area contributed by atoms with E-state index in [2.05, 4.69) is 26.2 Å². The monoisotopic (exact) mass is 340 g/mol. The topological polar surface area (TPSA) is 42.0 Å². The number of carbonyl (C=O) groups is 1. The Bertz CT molecular complexity index is 614. The smallest absolute Gasteiger partial charge is 0.271 e. The lowest BCUT2D eigenvalue weighted by Crippen LogP contribution is -2.26. The summed E-state index contributed by atoms with van der Waals surface area (Å²) in [6.07, 6.45) is 1.85. The van der Waals surface area contributed by atoms with Crippen LogP contribution >= 0.6 is 15.9 Å². The predicted molar refractivity (Wildman–Crippen MR) is 74.3 cm³/mol. The second-order valence-electron chi connectivity index (χ2n) is 4.12. The lowest BCUT2D eigenvalue weighted by atomic mass is 10.1. The van der Waals surface area contributed by atoms with Gasteiger partial charge in [0.15, 0.2) is 0 Å². The second-order valence-corrected chi connectivity index (χ2v) is 4.97. The van der Waals surface area contributed by atoms with Gasteiger partial charge in [-0.3, -0.25) is 4.79 Å². The average Bonchev–Trinajstić information content (AvgIpc) is 2.38. The van der Waals surface area contributed by atoms with Gasteiger partial charge in [-0.2, -0.15) is 0 Å². The van der Waals surface area contributed by atoms with Crippen LogP contribution in [0.4, 0.5) is 8.78 Å². The Balaban J connectivity index is 1.93. The van der Waals surface area contributed by atoms with Crippen molar-refractivity contribution in [3.63, 3.8) is 0 Å². The third kappa shape index (κ3) is 3.84. The van der Waals surface area contributed by atoms with Crippen LogP contribution in [0.15, 0.2) is 41.0 Å². The number of hydrogen-bond donors (Lipinski definition) is 1. The van der Waals surface area contributed by atoms with E-state index in [1.807, 2.05) is 0 Å². The summed E-state index contributed by atoms with van der Waals surface area (Å²) >= 11 is 3.23. The number of carbonyl (C=O) groups excluding carboxylic acids is 1. The molecule has 1 aromatic carbocycles. The maximum Gasteiger partial charge on any atom is 0.271 e. The highest BCUT2D eigenvalue weighted by Crippen LogP contribution is 2.13. The number of hydrogen-bond acceptors (Lipinski definition) is 2. The summed E-state index contributed by atoms with van der Waals surface area (Å²) < 4.78 is 26.6. The van der Waals surface area contributed by atoms with Gasteiger partial charge in [0.2, 0.25) is 0 Å². The molecule has 2 rings (SSSR count). The molecule has 6 heteroatoms. The fraction of sp³-hybridized carbons (Fsp3) is 0.143. The lowest BCUT2D eigenvalue weighted by Gasteiger charge is -2.06. The molecule has 0 radical (unpaired) electrons. The molecule has 0 saturated carbocycles. The highest BCUT2D eigenvalue weighted by Gasteiger charge is 2.10. The molecule has 0 fully saturated rings. The minimum absolute atomic E-state index is 0.269. The van der Waals surface area contributed by atoms with E-state index in [0.29, 0.717) is 16.5 Å². The number of nitrogens with one attached hydrogen (secondary N) is 1. The molecule has 0 bridgehead atoms. The summed E-state index contributed by atoms with van der Waals surface area (Å²) in [5, 5.41) is 2.65. The van der Waals surface area contributed by atoms with Gasteiger partial charge in [-0.05, 0) is 52.2 Å². The molecular weight excluding hydrogens is 330 g/mol. The number of rotatable bonds is 4. The van der Waals surface area contributed by atoms with Crippen LogP contribution in [-0.4, -0.2) is 17.4 Å². The summed E-state index contributed by atoms with van der Waals surface area (Å²) in [6, 6.07) is 6.71. The molecule has 1 amide bonds. The third-order valence-electron chi connectivity index (χ3n) is 2.60. The van der Waals surface area contributed by atoms with Crippen molar-refractivity contribution in [3.05, 3.63) is 63.9 Å². The van der Waals surface area contributed by atoms with Crippen molar-refractivity contribution in [3.8, 4) is 0 Å². The van der Waals surface area contributed by atoms with Crippen LogP contribution in [0.25, 0.3) is 0 Å². The van der Waals surface area contributed by atoms with Gasteiger partial charge in [-0.15, -0.1) is 0 Å². The van der Waals surface area contributed by atoms with Gasteiger partial charge < -0.3 is 5.32 Å². The standard InChI is InChI=1S/C14H11BrF2N2O/c15-12-2-1-4-18-13(12)14(20)19-5-3-9-6-10(16)8-11(17)7-9/h1-2,4,6-8H,3,5H2,(H,19,20). The van der Waals surface area contributed by atoms with Crippen molar-refractivity contribution < 1.29 is 13.6 Å². The Morgan fingerprint density at radius 2 is 1.95 bits per heavy atom. The van der Waals surface area contributed by atoms with Gasteiger partial charge in [0, 0.05) is 23.3 Å². The zero-order chi connectivity index (χ0) is 14.5. The molecule has 0 spiro atoms. The highest BCUT2D eigenvalue weighted by molar-refractivity contribution is 9.10. The molecule has 3 nitrogen and oxygen atoms in total. The molecule has 0 aliphatic heterocycles. The van der Waals surface area contributed by atoms with Crippen LogP contribution in [0.1, 0.15) is 16.1 Å². The van der Waals surface area contributed by atoms with E-state index in [4.69, 9.17) is 0 Å². The van der Waals surface area contributed by atoms with Crippen LogP contribution in [0.3, 0.4) is 0 Å². The summed E-state index contributed by atoms with van der Waals surface area (Å²) in [5.41, 5.74) is 0.765. The Morgan fingerprint density at radius 3 is 2.60 bits per heavy atom. The highest BCUT2D eigenvalue weighted by atomic mass is 79.9. The molecule has 0 unspecified atom stereocenters. The van der Waals surface area contributed by atoms with Crippen LogP contribution in [-0.2, 0) is 6.42 Å². The van der Waals surface area contributed by atoms with E-state index in [9.17, 15) is 13.6 Å². The van der Waals surface area contributed by atoms with Crippen LogP contribution < -0.4 is 5.32 Å². The molecule has 0 saturated heterocycles. The summed E-state index contributed by atoms with van der Waals surface area (Å²) in [6.45, 7) is 0.269. The molecule has 0 aliphatic carbocycles. The van der Waals surface area contributed by atoms with Gasteiger partial charge in [0.05, 0.1) is 0 Å². The van der Waals surface area contributed by atoms with E-state index in [1.165, 1.54) is 18.3 Å². The number of nitrogens with zero attached hydrogens (tertiary/aromatic N) is 1. The van der Waals surface area contributed by atoms with Crippen molar-refractivity contribution in [2.75, 3.05) is 6.54 Å². The third-order valence-corrected chi connectivity index (χ3v) is 3.24. The summed E-state index contributed by atoms with van der Waals surface area (Å²) in [7, 11) is 0. The molecule has 104 valence electrons. The molecule has 0 aliphatic rings. The van der Waals surface area contributed by atoms with Crippen molar-refractivity contribution in [2.24, 2.45) is 0 Å². The summed E-state index contributed by atoms with van der Waals surface area (Å²) in [4.78, 5) is 15.8. The van der Waals surface area contributed by atoms with Crippen LogP contribution in [0, 0.1) is 11.6 Å². The van der Waals surface area contributed by atoms with Crippen molar-refractivity contribution >= 4 is 21.8 Å². The first-order valence-electron chi connectivity index (χ1n) is 5.90. The van der Waals surface area contributed by atoms with E-state index < -0.39 is 11.6 Å². The van der Waals surface area contributed by atoms with Gasteiger partial charge in [-0.1, -0.05) is 0 Å². The minimum Gasteiger partial charge on any atom is -0.350 e. The zero-order valence-electron chi connectivity index (χ0n) is 10.4. The Hall–Kier alpha value is -1.82. The molecule has 2 aromatic rings. The maximum atomic E-state index is 13.0. The number of amides is 1. The van der Waals surface area contributed by atoms with Crippen molar-refractivity contribution in [1.29, 1.82) is 0 Å². The number of halogens is 3. The SMILES string of the molecule is O=C(NCCc1cc(F)cc(F)c1)c1ncccc1Br. The quantitative estimate of drug-likeness (QED) is 0.929. The maximum absolute atomic E-state index is 13.0. The van der Waals surface area contributed by atoms with E-state index in [1.54, 1.807) is 12.1 Å². The van der Waals surface area contributed by atoms with Crippen LogP contribution in [0.2, 0.25) is 0 Å². The largest absolute Gasteiger partial charge is 0.350 e. The molecule has 1 N–H and O–H groups in total. The Labute approximate surface area is 123 Å². The van der Waals surface area contributed by atoms with E-state index in [0.717, 1.165) is 6.07 Å². The average molecular weight is 341 g/mol. The predicted octanol–water partition coefficient (Wildman–Crippen LogP) is 3.09. The van der Waals surface area contributed by atoms with Crippen molar-refractivity contribution in [1.82, 2.24) is 10.3 Å². The van der Waals surface area contributed by atoms with Gasteiger partial charge in [-0.25, -0.2) is 13.8 Å². The minimum atomic E-state index is -0.626. The van der Waals surface area contributed by atoms with Gasteiger partial charge in [0.1, 0.15) is 17.3 Å². The number of aromatic nitrogens is 1. The fourth-order valence-electron chi connectivity index (χ4n) is 1.71. The number of benzene rings is 1. The second kappa shape index (κ2) is 6.56.